The number of nitrogens with zero attached hydrogens (tertiary/aromatic N) is 4. The molecule has 21 heavy (non-hydrogen) atoms. The van der Waals surface area contributed by atoms with Crippen molar-refractivity contribution in [1.82, 2.24) is 14.8 Å². The van der Waals surface area contributed by atoms with Gasteiger partial charge in [0.05, 0.1) is 17.0 Å². The summed E-state index contributed by atoms with van der Waals surface area (Å²) in [5, 5.41) is 30.4. The lowest BCUT2D eigenvalue weighted by molar-refractivity contribution is -0.384. The molecule has 1 heterocycles. The van der Waals surface area contributed by atoms with Gasteiger partial charge in [-0.3, -0.25) is 10.1 Å². The van der Waals surface area contributed by atoms with Crippen molar-refractivity contribution in [2.45, 2.75) is 20.0 Å². The summed E-state index contributed by atoms with van der Waals surface area (Å²) >= 11 is 0. The molecule has 0 atom stereocenters. The minimum Gasteiger partial charge on any atom is -0.478 e. The van der Waals surface area contributed by atoms with Crippen molar-refractivity contribution in [2.24, 2.45) is 0 Å². The molecule has 0 amide bonds. The fourth-order valence-electron chi connectivity index (χ4n) is 1.82. The first-order valence-corrected chi connectivity index (χ1v) is 6.15. The maximum atomic E-state index is 11.0. The van der Waals surface area contributed by atoms with E-state index in [1.807, 2.05) is 6.92 Å². The molecule has 2 rings (SSSR count). The van der Waals surface area contributed by atoms with E-state index in [0.29, 0.717) is 12.4 Å². The van der Waals surface area contributed by atoms with Crippen molar-refractivity contribution in [3.05, 3.63) is 46.0 Å². The molecule has 0 saturated carbocycles. The van der Waals surface area contributed by atoms with Crippen molar-refractivity contribution in [1.29, 1.82) is 0 Å². The Morgan fingerprint density at radius 2 is 2.29 bits per heavy atom. The number of rotatable bonds is 6. The molecule has 2 N–H and O–H groups in total. The van der Waals surface area contributed by atoms with Gasteiger partial charge in [-0.15, -0.1) is 10.2 Å². The predicted molar refractivity (Wildman–Crippen MR) is 73.1 cm³/mol. The van der Waals surface area contributed by atoms with Crippen LogP contribution in [0.25, 0.3) is 0 Å². The summed E-state index contributed by atoms with van der Waals surface area (Å²) in [6.45, 7) is 2.79. The highest BCUT2D eigenvalue weighted by Gasteiger charge is 2.17. The second kappa shape index (κ2) is 5.99. The lowest BCUT2D eigenvalue weighted by Gasteiger charge is -2.08. The molecule has 0 bridgehead atoms. The van der Waals surface area contributed by atoms with Gasteiger partial charge in [0, 0.05) is 12.6 Å². The van der Waals surface area contributed by atoms with Crippen LogP contribution in [0.4, 0.5) is 11.4 Å². The number of nitrogens with one attached hydrogen (secondary N) is 1. The van der Waals surface area contributed by atoms with E-state index >= 15 is 0 Å². The van der Waals surface area contributed by atoms with Crippen LogP contribution in [0.2, 0.25) is 0 Å². The Morgan fingerprint density at radius 3 is 2.90 bits per heavy atom. The molecular formula is C12H13N5O4. The second-order valence-electron chi connectivity index (χ2n) is 4.18. The summed E-state index contributed by atoms with van der Waals surface area (Å²) in [6, 6.07) is 3.59. The Hall–Kier alpha value is -2.97. The van der Waals surface area contributed by atoms with Crippen LogP contribution in [0, 0.1) is 10.1 Å². The predicted octanol–water partition coefficient (Wildman–Crippen LogP) is 1.52. The van der Waals surface area contributed by atoms with E-state index < -0.39 is 10.9 Å². The standard InChI is InChI=1S/C12H13N5O4/c1-2-16-7-14-15-11(16)6-13-9-5-8(12(18)19)3-4-10(9)17(20)21/h3-5,7,13H,2,6H2,1H3,(H,18,19). The summed E-state index contributed by atoms with van der Waals surface area (Å²) in [6.07, 6.45) is 1.55. The maximum absolute atomic E-state index is 11.0. The third-order valence-corrected chi connectivity index (χ3v) is 2.91. The van der Waals surface area contributed by atoms with Gasteiger partial charge in [-0.25, -0.2) is 4.79 Å². The van der Waals surface area contributed by atoms with Gasteiger partial charge in [0.25, 0.3) is 5.69 Å². The molecule has 0 radical (unpaired) electrons. The molecule has 0 saturated heterocycles. The van der Waals surface area contributed by atoms with Gasteiger partial charge in [0.2, 0.25) is 0 Å². The van der Waals surface area contributed by atoms with Gasteiger partial charge in [-0.1, -0.05) is 0 Å². The molecule has 1 aromatic heterocycles. The molecule has 0 aliphatic heterocycles. The van der Waals surface area contributed by atoms with E-state index in [4.69, 9.17) is 5.11 Å². The number of hydrogen-bond donors (Lipinski definition) is 2. The first-order chi connectivity index (χ1) is 10.0. The first kappa shape index (κ1) is 14.4. The average molecular weight is 291 g/mol. The number of aromatic carboxylic acids is 1. The molecule has 1 aromatic carbocycles. The van der Waals surface area contributed by atoms with Crippen molar-refractivity contribution in [2.75, 3.05) is 5.32 Å². The van der Waals surface area contributed by atoms with Gasteiger partial charge in [0.15, 0.2) is 5.82 Å². The summed E-state index contributed by atoms with van der Waals surface area (Å²) in [4.78, 5) is 21.3. The molecule has 0 unspecified atom stereocenters. The number of nitro groups is 1. The number of anilines is 1. The summed E-state index contributed by atoms with van der Waals surface area (Å²) in [7, 11) is 0. The molecule has 2 aromatic rings. The molecule has 0 fully saturated rings. The van der Waals surface area contributed by atoms with E-state index in [9.17, 15) is 14.9 Å². The van der Waals surface area contributed by atoms with Crippen LogP contribution in [-0.2, 0) is 13.1 Å². The van der Waals surface area contributed by atoms with Crippen LogP contribution in [0.15, 0.2) is 24.5 Å². The van der Waals surface area contributed by atoms with Crippen LogP contribution in [0.5, 0.6) is 0 Å². The van der Waals surface area contributed by atoms with Crippen molar-refractivity contribution in [3.8, 4) is 0 Å². The van der Waals surface area contributed by atoms with Crippen LogP contribution in [0.3, 0.4) is 0 Å². The molecule has 9 heteroatoms. The fraction of sp³-hybridized carbons (Fsp3) is 0.250. The van der Waals surface area contributed by atoms with Gasteiger partial charge < -0.3 is 15.0 Å². The Balaban J connectivity index is 2.27. The topological polar surface area (TPSA) is 123 Å². The average Bonchev–Trinajstić information content (AvgIpc) is 2.91. The Labute approximate surface area is 119 Å². The van der Waals surface area contributed by atoms with E-state index in [1.54, 1.807) is 10.9 Å². The molecule has 0 spiro atoms. The van der Waals surface area contributed by atoms with Gasteiger partial charge in [0.1, 0.15) is 12.0 Å². The third kappa shape index (κ3) is 3.14. The van der Waals surface area contributed by atoms with Crippen LogP contribution >= 0.6 is 0 Å². The van der Waals surface area contributed by atoms with E-state index in [0.717, 1.165) is 6.07 Å². The van der Waals surface area contributed by atoms with Crippen molar-refractivity contribution >= 4 is 17.3 Å². The highest BCUT2D eigenvalue weighted by Crippen LogP contribution is 2.26. The van der Waals surface area contributed by atoms with Crippen LogP contribution in [0.1, 0.15) is 23.1 Å². The monoisotopic (exact) mass is 291 g/mol. The van der Waals surface area contributed by atoms with Crippen molar-refractivity contribution in [3.63, 3.8) is 0 Å². The molecule has 110 valence electrons. The maximum Gasteiger partial charge on any atom is 0.335 e. The Bertz CT molecular complexity index is 682. The lowest BCUT2D eigenvalue weighted by atomic mass is 10.1. The summed E-state index contributed by atoms with van der Waals surface area (Å²) in [5.74, 6) is -0.544. The summed E-state index contributed by atoms with van der Waals surface area (Å²) in [5.41, 5.74) is -0.0897. The Kier molecular flexibility index (Phi) is 4.12. The zero-order valence-electron chi connectivity index (χ0n) is 11.2. The fourth-order valence-corrected chi connectivity index (χ4v) is 1.82. The SMILES string of the molecule is CCn1cnnc1CNc1cc(C(=O)O)ccc1[N+](=O)[O-]. The quantitative estimate of drug-likeness (QED) is 0.610. The largest absolute Gasteiger partial charge is 0.478 e. The van der Waals surface area contributed by atoms with Gasteiger partial charge in [-0.05, 0) is 19.1 Å². The first-order valence-electron chi connectivity index (χ1n) is 6.15. The minimum atomic E-state index is -1.15. The van der Waals surface area contributed by atoms with Crippen molar-refractivity contribution < 1.29 is 14.8 Å². The van der Waals surface area contributed by atoms with Crippen LogP contribution in [-0.4, -0.2) is 30.8 Å². The third-order valence-electron chi connectivity index (χ3n) is 2.91. The second-order valence-corrected chi connectivity index (χ2v) is 4.18. The number of carbonyl (C=O) groups is 1. The normalized spacial score (nSPS) is 10.3. The van der Waals surface area contributed by atoms with E-state index in [1.165, 1.54) is 12.1 Å². The van der Waals surface area contributed by atoms with Gasteiger partial charge in [-0.2, -0.15) is 0 Å². The van der Waals surface area contributed by atoms with E-state index in [-0.39, 0.29) is 23.5 Å². The number of aryl methyl sites for hydroxylation is 1. The highest BCUT2D eigenvalue weighted by atomic mass is 16.6. The molecule has 0 aliphatic rings. The smallest absolute Gasteiger partial charge is 0.335 e. The highest BCUT2D eigenvalue weighted by molar-refractivity contribution is 5.90. The number of carboxylic acids is 1. The minimum absolute atomic E-state index is 0.0277. The Morgan fingerprint density at radius 1 is 1.52 bits per heavy atom. The summed E-state index contributed by atoms with van der Waals surface area (Å²) < 4.78 is 1.78. The number of benzene rings is 1. The number of nitro benzene ring substituents is 1. The number of aromatic nitrogens is 3. The molecule has 0 aliphatic carbocycles. The van der Waals surface area contributed by atoms with Crippen LogP contribution < -0.4 is 5.32 Å². The lowest BCUT2D eigenvalue weighted by Crippen LogP contribution is -2.09. The number of carboxylic acid groups (broad SMARTS) is 1. The van der Waals surface area contributed by atoms with E-state index in [2.05, 4.69) is 15.5 Å². The number of hydrogen-bond acceptors (Lipinski definition) is 6. The molecular weight excluding hydrogens is 278 g/mol. The van der Waals surface area contributed by atoms with Gasteiger partial charge >= 0.3 is 5.97 Å². The molecule has 9 nitrogen and oxygen atoms in total. The zero-order valence-corrected chi connectivity index (χ0v) is 11.2. The zero-order chi connectivity index (χ0) is 15.4.